The van der Waals surface area contributed by atoms with Gasteiger partial charge in [-0.2, -0.15) is 0 Å². The fraction of sp³-hybridized carbons (Fsp3) is 0.0988. The number of benzene rings is 12. The third-order valence-electron chi connectivity index (χ3n) is 19.5. The lowest BCUT2D eigenvalue weighted by atomic mass is 9.83. The van der Waals surface area contributed by atoms with Gasteiger partial charge in [-0.15, -0.1) is 0 Å². The Hall–Kier alpha value is -10.5. The zero-order chi connectivity index (χ0) is 57.2. The van der Waals surface area contributed by atoms with Crippen LogP contribution >= 0.6 is 0 Å². The third kappa shape index (κ3) is 6.26. The molecule has 0 atom stereocenters. The number of aromatic nitrogens is 5. The molecule has 7 aromatic heterocycles. The third-order valence-corrected chi connectivity index (χ3v) is 19.5. The molecular formula is C81H57N5. The Morgan fingerprint density at radius 2 is 0.779 bits per heavy atom. The van der Waals surface area contributed by atoms with Crippen molar-refractivity contribution in [2.75, 3.05) is 0 Å². The Kier molecular flexibility index (Phi) is 9.28. The average Bonchev–Trinajstić information content (AvgIpc) is 1.52. The molecule has 0 aliphatic carbocycles. The van der Waals surface area contributed by atoms with Crippen LogP contribution in [0.15, 0.2) is 237 Å². The van der Waals surface area contributed by atoms with Crippen LogP contribution in [-0.4, -0.2) is 22.9 Å². The predicted molar refractivity (Wildman–Crippen MR) is 366 cm³/mol. The zero-order valence-corrected chi connectivity index (χ0v) is 48.8. The van der Waals surface area contributed by atoms with Crippen LogP contribution in [0.25, 0.3) is 175 Å². The maximum atomic E-state index is 5.87. The van der Waals surface area contributed by atoms with Gasteiger partial charge < -0.3 is 13.5 Å². The van der Waals surface area contributed by atoms with Crippen molar-refractivity contribution in [1.29, 1.82) is 0 Å². The smallest absolute Gasteiger partial charge is 0.146 e. The molecule has 0 N–H and O–H groups in total. The zero-order valence-electron chi connectivity index (χ0n) is 48.8. The van der Waals surface area contributed by atoms with E-state index in [4.69, 9.17) is 4.98 Å². The van der Waals surface area contributed by atoms with Crippen LogP contribution in [0.2, 0.25) is 0 Å². The first-order valence-electron chi connectivity index (χ1n) is 30.3. The van der Waals surface area contributed by atoms with Crippen molar-refractivity contribution in [3.8, 4) is 33.6 Å². The molecule has 19 aromatic rings. The Labute approximate surface area is 495 Å². The minimum absolute atomic E-state index is 0.118. The van der Waals surface area contributed by atoms with Crippen LogP contribution in [0, 0.1) is 0 Å². The number of hydrogen-bond acceptors (Lipinski definition) is 1. The topological polar surface area (TPSA) is 31.6 Å². The van der Waals surface area contributed by atoms with Gasteiger partial charge in [0, 0.05) is 87.1 Å². The molecule has 0 spiro atoms. The highest BCUT2D eigenvalue weighted by molar-refractivity contribution is 6.40. The summed E-state index contributed by atoms with van der Waals surface area (Å²) in [4.78, 5) is 5.87. The normalized spacial score (nSPS) is 13.0. The molecule has 0 unspecified atom stereocenters. The summed E-state index contributed by atoms with van der Waals surface area (Å²) >= 11 is 0. The van der Waals surface area contributed by atoms with Gasteiger partial charge in [0.15, 0.2) is 0 Å². The monoisotopic (exact) mass is 1100 g/mol. The van der Waals surface area contributed by atoms with Gasteiger partial charge in [0.1, 0.15) is 5.65 Å². The standard InChI is InChI=1S/C81H57N5/c1-80(2,3)50-41-58(48-33-35-68-59(37-48)56-29-17-19-31-66(56)83(68)52-23-9-7-10-24-52)75-63(42-50)64-43-51(81(4,5)6)44-65-72-70(85(75)76(64)65)45-82-79-74(72)73-55-28-16-14-22-47(55)39-62-61-38-46-21-13-15-27-54(46)71(77(61)86(79)78(62)73)49-34-36-69-60(40-49)57-30-18-20-32-67(57)84(69)53-25-11-8-12-26-53/h7-45H,1-6H3. The van der Waals surface area contributed by atoms with Crippen molar-refractivity contribution in [1.82, 2.24) is 22.9 Å². The van der Waals surface area contributed by atoms with Gasteiger partial charge in [-0.1, -0.05) is 175 Å². The molecule has 5 nitrogen and oxygen atoms in total. The van der Waals surface area contributed by atoms with Crippen molar-refractivity contribution in [3.05, 3.63) is 248 Å². The molecule has 0 aliphatic heterocycles. The summed E-state index contributed by atoms with van der Waals surface area (Å²) in [6.45, 7) is 14.2. The van der Waals surface area contributed by atoms with Crippen LogP contribution in [0.5, 0.6) is 0 Å². The number of hydrogen-bond donors (Lipinski definition) is 0. The Bertz CT molecular complexity index is 6130. The van der Waals surface area contributed by atoms with E-state index in [1.54, 1.807) is 0 Å². The fourth-order valence-corrected chi connectivity index (χ4v) is 15.5. The van der Waals surface area contributed by atoms with Crippen molar-refractivity contribution in [2.24, 2.45) is 0 Å². The first kappa shape index (κ1) is 47.9. The van der Waals surface area contributed by atoms with E-state index in [-0.39, 0.29) is 10.8 Å². The van der Waals surface area contributed by atoms with E-state index in [0.717, 1.165) is 22.5 Å². The first-order valence-corrected chi connectivity index (χ1v) is 30.3. The first-order chi connectivity index (χ1) is 42.0. The molecule has 0 radical (unpaired) electrons. The van der Waals surface area contributed by atoms with Crippen molar-refractivity contribution in [2.45, 2.75) is 52.4 Å². The molecular weight excluding hydrogens is 1040 g/mol. The maximum absolute atomic E-state index is 5.87. The molecule has 406 valence electrons. The maximum Gasteiger partial charge on any atom is 0.146 e. The molecule has 7 heterocycles. The molecule has 0 fully saturated rings. The number of rotatable bonds is 4. The second-order valence-corrected chi connectivity index (χ2v) is 26.3. The molecule has 0 saturated carbocycles. The molecule has 0 saturated heterocycles. The van der Waals surface area contributed by atoms with Gasteiger partial charge in [-0.05, 0) is 152 Å². The molecule has 0 aliphatic rings. The van der Waals surface area contributed by atoms with Crippen molar-refractivity contribution in [3.63, 3.8) is 0 Å². The highest BCUT2D eigenvalue weighted by atomic mass is 15.0. The molecule has 12 aromatic carbocycles. The summed E-state index contributed by atoms with van der Waals surface area (Å²) in [5.41, 5.74) is 21.3. The summed E-state index contributed by atoms with van der Waals surface area (Å²) in [5.74, 6) is 0. The van der Waals surface area contributed by atoms with Crippen LogP contribution in [0.3, 0.4) is 0 Å². The van der Waals surface area contributed by atoms with E-state index < -0.39 is 0 Å². The van der Waals surface area contributed by atoms with Crippen LogP contribution in [0.4, 0.5) is 0 Å². The summed E-state index contributed by atoms with van der Waals surface area (Å²) < 4.78 is 10.0. The SMILES string of the molecule is CC(C)(C)c1cc(-c2ccc3c(c2)c2ccccc2n3-c2ccccc2)c2c(c1)c1cc(C(C)(C)C)cc3c4c5c6c7ccccc7cc7c8cc9ccccc9c(-c9ccc%10c(c9)c9ccccc9n%10-c9ccccc9)c8n(c5ncc4n2c13)c76. The van der Waals surface area contributed by atoms with E-state index in [1.807, 2.05) is 0 Å². The second-order valence-electron chi connectivity index (χ2n) is 26.3. The van der Waals surface area contributed by atoms with E-state index in [1.165, 1.54) is 164 Å². The lowest BCUT2D eigenvalue weighted by Crippen LogP contribution is -2.11. The lowest BCUT2D eigenvalue weighted by molar-refractivity contribution is 0.591. The lowest BCUT2D eigenvalue weighted by Gasteiger charge is -2.22. The van der Waals surface area contributed by atoms with Crippen molar-refractivity contribution < 1.29 is 0 Å². The van der Waals surface area contributed by atoms with Gasteiger partial charge in [0.2, 0.25) is 0 Å². The summed E-state index contributed by atoms with van der Waals surface area (Å²) in [5, 5.41) is 19.9. The second kappa shape index (κ2) is 16.6. The van der Waals surface area contributed by atoms with E-state index >= 15 is 0 Å². The highest BCUT2D eigenvalue weighted by Crippen LogP contribution is 2.53. The summed E-state index contributed by atoms with van der Waals surface area (Å²) in [6.07, 6.45) is 2.22. The van der Waals surface area contributed by atoms with E-state index in [0.29, 0.717) is 0 Å². The highest BCUT2D eigenvalue weighted by Gasteiger charge is 2.32. The van der Waals surface area contributed by atoms with E-state index in [9.17, 15) is 0 Å². The number of nitrogens with zero attached hydrogens (tertiary/aromatic N) is 5. The van der Waals surface area contributed by atoms with Crippen LogP contribution in [-0.2, 0) is 10.8 Å². The predicted octanol–water partition coefficient (Wildman–Crippen LogP) is 21.8. The van der Waals surface area contributed by atoms with E-state index in [2.05, 4.69) is 296 Å². The minimum atomic E-state index is -0.140. The molecule has 19 rings (SSSR count). The molecule has 86 heavy (non-hydrogen) atoms. The summed E-state index contributed by atoms with van der Waals surface area (Å²) in [7, 11) is 0. The van der Waals surface area contributed by atoms with Crippen LogP contribution < -0.4 is 0 Å². The number of para-hydroxylation sites is 4. The van der Waals surface area contributed by atoms with Gasteiger partial charge in [-0.25, -0.2) is 4.98 Å². The fourth-order valence-electron chi connectivity index (χ4n) is 15.5. The Morgan fingerprint density at radius 1 is 0.302 bits per heavy atom. The summed E-state index contributed by atoms with van der Waals surface area (Å²) in [6, 6.07) is 86.7. The van der Waals surface area contributed by atoms with Crippen molar-refractivity contribution >= 4 is 141 Å². The van der Waals surface area contributed by atoms with Crippen LogP contribution in [0.1, 0.15) is 52.7 Å². The van der Waals surface area contributed by atoms with Gasteiger partial charge in [0.05, 0.1) is 55.8 Å². The van der Waals surface area contributed by atoms with Gasteiger partial charge >= 0.3 is 0 Å². The Balaban J connectivity index is 0.972. The Morgan fingerprint density at radius 3 is 1.41 bits per heavy atom. The average molecular weight is 1100 g/mol. The number of pyridine rings is 1. The van der Waals surface area contributed by atoms with Gasteiger partial charge in [-0.3, -0.25) is 4.40 Å². The minimum Gasteiger partial charge on any atom is -0.309 e. The molecule has 5 heteroatoms. The number of fused-ring (bicyclic) bond motifs is 22. The van der Waals surface area contributed by atoms with Gasteiger partial charge in [0.25, 0.3) is 0 Å². The molecule has 0 amide bonds. The quantitative estimate of drug-likeness (QED) is 0.173. The largest absolute Gasteiger partial charge is 0.309 e. The molecule has 0 bridgehead atoms.